The highest BCUT2D eigenvalue weighted by Crippen LogP contribution is 2.22. The van der Waals surface area contributed by atoms with Crippen LogP contribution in [0, 0.1) is 5.92 Å². The summed E-state index contributed by atoms with van der Waals surface area (Å²) in [6.45, 7) is 2.37. The minimum absolute atomic E-state index is 0.0824. The van der Waals surface area contributed by atoms with Gasteiger partial charge in [-0.2, -0.15) is 5.10 Å². The zero-order chi connectivity index (χ0) is 16.4. The standard InChI is InChI=1S/C16H18N6O2/c23-15-3-2-14(21-8-1-6-18-21)19-22(15)12-13-4-9-20(10-5-13)16-17-7-11-24-16/h1-3,6-8,11,13H,4-5,9-10,12H2. The number of aromatic nitrogens is 5. The first-order valence-corrected chi connectivity index (χ1v) is 8.02. The molecule has 0 unspecified atom stereocenters. The predicted octanol–water partition coefficient (Wildman–Crippen LogP) is 1.33. The molecule has 0 amide bonds. The van der Waals surface area contributed by atoms with Crippen molar-refractivity contribution in [3.63, 3.8) is 0 Å². The van der Waals surface area contributed by atoms with E-state index in [9.17, 15) is 4.79 Å². The van der Waals surface area contributed by atoms with Crippen LogP contribution in [0.25, 0.3) is 5.82 Å². The van der Waals surface area contributed by atoms with Gasteiger partial charge in [-0.15, -0.1) is 5.10 Å². The third-order valence-electron chi connectivity index (χ3n) is 4.33. The molecule has 0 aromatic carbocycles. The topological polar surface area (TPSA) is 82.0 Å². The van der Waals surface area contributed by atoms with E-state index in [0.29, 0.717) is 24.3 Å². The van der Waals surface area contributed by atoms with Gasteiger partial charge in [0.05, 0.1) is 6.20 Å². The highest BCUT2D eigenvalue weighted by atomic mass is 16.4. The summed E-state index contributed by atoms with van der Waals surface area (Å²) in [5.74, 6) is 1.06. The summed E-state index contributed by atoms with van der Waals surface area (Å²) in [6.07, 6.45) is 8.70. The lowest BCUT2D eigenvalue weighted by Gasteiger charge is -2.30. The Hall–Kier alpha value is -2.90. The van der Waals surface area contributed by atoms with E-state index in [4.69, 9.17) is 4.42 Å². The maximum Gasteiger partial charge on any atom is 0.297 e. The molecule has 124 valence electrons. The molecular formula is C16H18N6O2. The number of nitrogens with zero attached hydrogens (tertiary/aromatic N) is 6. The molecule has 0 radical (unpaired) electrons. The van der Waals surface area contributed by atoms with Crippen molar-refractivity contribution in [1.82, 2.24) is 24.5 Å². The monoisotopic (exact) mass is 326 g/mol. The van der Waals surface area contributed by atoms with E-state index in [-0.39, 0.29) is 5.56 Å². The molecule has 1 fully saturated rings. The summed E-state index contributed by atoms with van der Waals surface area (Å²) < 4.78 is 8.54. The number of hydrogen-bond acceptors (Lipinski definition) is 6. The molecule has 3 aromatic heterocycles. The lowest BCUT2D eigenvalue weighted by Crippen LogP contribution is -2.37. The quantitative estimate of drug-likeness (QED) is 0.719. The van der Waals surface area contributed by atoms with Gasteiger partial charge in [-0.05, 0) is 30.9 Å². The van der Waals surface area contributed by atoms with Crippen LogP contribution in [0.15, 0.2) is 52.3 Å². The van der Waals surface area contributed by atoms with Gasteiger partial charge in [0, 0.05) is 38.1 Å². The van der Waals surface area contributed by atoms with E-state index < -0.39 is 0 Å². The molecule has 0 N–H and O–H groups in total. The molecule has 0 bridgehead atoms. The average Bonchev–Trinajstić information content (AvgIpc) is 3.31. The Morgan fingerprint density at radius 3 is 2.79 bits per heavy atom. The van der Waals surface area contributed by atoms with Crippen LogP contribution in [0.2, 0.25) is 0 Å². The SMILES string of the molecule is O=c1ccc(-n2cccn2)nn1CC1CCN(c2ncco2)CC1. The minimum Gasteiger partial charge on any atom is -0.432 e. The molecule has 24 heavy (non-hydrogen) atoms. The summed E-state index contributed by atoms with van der Waals surface area (Å²) in [7, 11) is 0. The molecule has 1 aliphatic rings. The van der Waals surface area contributed by atoms with Crippen molar-refractivity contribution in [3.8, 4) is 5.82 Å². The van der Waals surface area contributed by atoms with Gasteiger partial charge in [-0.25, -0.2) is 14.3 Å². The molecule has 8 heteroatoms. The molecule has 4 heterocycles. The van der Waals surface area contributed by atoms with Crippen LogP contribution in [-0.2, 0) is 6.54 Å². The fourth-order valence-electron chi connectivity index (χ4n) is 3.02. The van der Waals surface area contributed by atoms with Crippen molar-refractivity contribution < 1.29 is 4.42 Å². The van der Waals surface area contributed by atoms with Gasteiger partial charge < -0.3 is 9.32 Å². The second kappa shape index (κ2) is 6.31. The molecule has 0 spiro atoms. The lowest BCUT2D eigenvalue weighted by atomic mass is 9.97. The van der Waals surface area contributed by atoms with Crippen LogP contribution in [0.1, 0.15) is 12.8 Å². The Bertz CT molecular complexity index is 832. The number of hydrogen-bond donors (Lipinski definition) is 0. The Balaban J connectivity index is 1.44. The summed E-state index contributed by atoms with van der Waals surface area (Å²) in [5, 5.41) is 8.60. The Labute approximate surface area is 138 Å². The molecular weight excluding hydrogens is 308 g/mol. The first kappa shape index (κ1) is 14.7. The second-order valence-electron chi connectivity index (χ2n) is 5.91. The Kier molecular flexibility index (Phi) is 3.86. The molecule has 1 saturated heterocycles. The van der Waals surface area contributed by atoms with Gasteiger partial charge in [-0.1, -0.05) is 0 Å². The van der Waals surface area contributed by atoms with Crippen molar-refractivity contribution in [2.75, 3.05) is 18.0 Å². The number of piperidine rings is 1. The number of rotatable bonds is 4. The minimum atomic E-state index is -0.0824. The maximum absolute atomic E-state index is 12.1. The summed E-state index contributed by atoms with van der Waals surface area (Å²) >= 11 is 0. The van der Waals surface area contributed by atoms with Gasteiger partial charge in [0.25, 0.3) is 11.6 Å². The van der Waals surface area contributed by atoms with E-state index >= 15 is 0 Å². The van der Waals surface area contributed by atoms with Crippen molar-refractivity contribution in [2.24, 2.45) is 5.92 Å². The van der Waals surface area contributed by atoms with Gasteiger partial charge in [0.1, 0.15) is 6.26 Å². The van der Waals surface area contributed by atoms with Crippen LogP contribution in [-0.4, -0.2) is 37.6 Å². The first-order chi connectivity index (χ1) is 11.8. The van der Waals surface area contributed by atoms with Crippen molar-refractivity contribution in [3.05, 3.63) is 53.4 Å². The zero-order valence-corrected chi connectivity index (χ0v) is 13.2. The van der Waals surface area contributed by atoms with Gasteiger partial charge >= 0.3 is 0 Å². The van der Waals surface area contributed by atoms with Gasteiger partial charge in [0.15, 0.2) is 5.82 Å². The smallest absolute Gasteiger partial charge is 0.297 e. The maximum atomic E-state index is 12.1. The van der Waals surface area contributed by atoms with Crippen LogP contribution in [0.4, 0.5) is 6.01 Å². The zero-order valence-electron chi connectivity index (χ0n) is 13.2. The highest BCUT2D eigenvalue weighted by molar-refractivity contribution is 5.25. The number of oxazole rings is 1. The average molecular weight is 326 g/mol. The van der Waals surface area contributed by atoms with E-state index in [1.165, 1.54) is 0 Å². The molecule has 0 aliphatic carbocycles. The van der Waals surface area contributed by atoms with E-state index in [1.54, 1.807) is 40.2 Å². The summed E-state index contributed by atoms with van der Waals surface area (Å²) in [4.78, 5) is 18.4. The van der Waals surface area contributed by atoms with Gasteiger partial charge in [-0.3, -0.25) is 4.79 Å². The molecule has 0 atom stereocenters. The summed E-state index contributed by atoms with van der Waals surface area (Å²) in [6, 6.07) is 5.74. The Morgan fingerprint density at radius 2 is 2.08 bits per heavy atom. The molecule has 8 nitrogen and oxygen atoms in total. The van der Waals surface area contributed by atoms with Crippen LogP contribution in [0.5, 0.6) is 0 Å². The summed E-state index contributed by atoms with van der Waals surface area (Å²) in [5.41, 5.74) is -0.0824. The second-order valence-corrected chi connectivity index (χ2v) is 5.91. The highest BCUT2D eigenvalue weighted by Gasteiger charge is 2.22. The molecule has 3 aromatic rings. The van der Waals surface area contributed by atoms with E-state index in [1.807, 2.05) is 12.3 Å². The lowest BCUT2D eigenvalue weighted by molar-refractivity contribution is 0.326. The largest absolute Gasteiger partial charge is 0.432 e. The molecule has 1 aliphatic heterocycles. The molecule has 4 rings (SSSR count). The van der Waals surface area contributed by atoms with Gasteiger partial charge in [0.2, 0.25) is 0 Å². The molecule has 0 saturated carbocycles. The van der Waals surface area contributed by atoms with Crippen molar-refractivity contribution >= 4 is 6.01 Å². The van der Waals surface area contributed by atoms with Crippen LogP contribution in [0.3, 0.4) is 0 Å². The normalized spacial score (nSPS) is 15.8. The van der Waals surface area contributed by atoms with Crippen molar-refractivity contribution in [2.45, 2.75) is 19.4 Å². The third kappa shape index (κ3) is 2.94. The van der Waals surface area contributed by atoms with Crippen LogP contribution < -0.4 is 10.5 Å². The van der Waals surface area contributed by atoms with Crippen LogP contribution >= 0.6 is 0 Å². The van der Waals surface area contributed by atoms with Crippen molar-refractivity contribution in [1.29, 1.82) is 0 Å². The fourth-order valence-corrected chi connectivity index (χ4v) is 3.02. The van der Waals surface area contributed by atoms with E-state index in [0.717, 1.165) is 25.9 Å². The number of anilines is 1. The fraction of sp³-hybridized carbons (Fsp3) is 0.375. The first-order valence-electron chi connectivity index (χ1n) is 8.02. The third-order valence-corrected chi connectivity index (χ3v) is 4.33. The van der Waals surface area contributed by atoms with E-state index in [2.05, 4.69) is 20.1 Å². The Morgan fingerprint density at radius 1 is 1.21 bits per heavy atom. The predicted molar refractivity (Wildman–Crippen MR) is 87.1 cm³/mol.